The molecule has 0 aromatic carbocycles. The number of anilines is 1. The van der Waals surface area contributed by atoms with E-state index >= 15 is 0 Å². The summed E-state index contributed by atoms with van der Waals surface area (Å²) in [6, 6.07) is 0. The van der Waals surface area contributed by atoms with E-state index in [1.54, 1.807) is 18.4 Å². The molecular formula is C9H17N3O2S. The van der Waals surface area contributed by atoms with Crippen molar-refractivity contribution in [3.05, 3.63) is 4.88 Å². The minimum absolute atomic E-state index is 0.614. The lowest BCUT2D eigenvalue weighted by atomic mass is 10.5. The van der Waals surface area contributed by atoms with E-state index in [2.05, 4.69) is 10.5 Å². The molecule has 1 heterocycles. The highest BCUT2D eigenvalue weighted by molar-refractivity contribution is 7.15. The SMILES string of the molecule is CCONCc1sc(N(C)C)nc1OC. The molecule has 0 atom stereocenters. The quantitative estimate of drug-likeness (QED) is 0.590. The van der Waals surface area contributed by atoms with Gasteiger partial charge in [-0.1, -0.05) is 11.3 Å². The second-order valence-electron chi connectivity index (χ2n) is 3.08. The first kappa shape index (κ1) is 12.2. The lowest BCUT2D eigenvalue weighted by molar-refractivity contribution is 0.0465. The molecule has 0 fully saturated rings. The molecule has 0 aliphatic carbocycles. The molecule has 1 aromatic rings. The van der Waals surface area contributed by atoms with Gasteiger partial charge in [-0.3, -0.25) is 0 Å². The second kappa shape index (κ2) is 5.89. The molecule has 0 bridgehead atoms. The zero-order valence-electron chi connectivity index (χ0n) is 9.53. The van der Waals surface area contributed by atoms with Gasteiger partial charge in [-0.05, 0) is 6.92 Å². The number of ether oxygens (including phenoxy) is 1. The highest BCUT2D eigenvalue weighted by Crippen LogP contribution is 2.29. The maximum atomic E-state index is 5.18. The van der Waals surface area contributed by atoms with E-state index in [-0.39, 0.29) is 0 Å². The zero-order chi connectivity index (χ0) is 11.3. The molecule has 1 rings (SSSR count). The van der Waals surface area contributed by atoms with Crippen molar-refractivity contribution in [2.75, 3.05) is 32.7 Å². The lowest BCUT2D eigenvalue weighted by Gasteiger charge is -2.04. The Hall–Kier alpha value is -0.850. The summed E-state index contributed by atoms with van der Waals surface area (Å²) in [6.45, 7) is 3.19. The van der Waals surface area contributed by atoms with Gasteiger partial charge in [0.05, 0.1) is 25.1 Å². The van der Waals surface area contributed by atoms with E-state index < -0.39 is 0 Å². The molecule has 6 heteroatoms. The van der Waals surface area contributed by atoms with Crippen LogP contribution in [0.5, 0.6) is 5.88 Å². The summed E-state index contributed by atoms with van der Waals surface area (Å²) in [5.74, 6) is 0.663. The summed E-state index contributed by atoms with van der Waals surface area (Å²) in [5, 5.41) is 0.931. The first-order valence-corrected chi connectivity index (χ1v) is 5.56. The highest BCUT2D eigenvalue weighted by atomic mass is 32.1. The van der Waals surface area contributed by atoms with Crippen molar-refractivity contribution in [2.45, 2.75) is 13.5 Å². The number of hydrogen-bond donors (Lipinski definition) is 1. The molecule has 0 spiro atoms. The van der Waals surface area contributed by atoms with E-state index in [9.17, 15) is 0 Å². The first-order chi connectivity index (χ1) is 7.19. The van der Waals surface area contributed by atoms with Crippen LogP contribution < -0.4 is 15.1 Å². The van der Waals surface area contributed by atoms with Crippen molar-refractivity contribution in [3.63, 3.8) is 0 Å². The van der Waals surface area contributed by atoms with E-state index in [0.29, 0.717) is 19.0 Å². The Morgan fingerprint density at radius 2 is 2.20 bits per heavy atom. The molecule has 0 saturated carbocycles. The molecule has 0 saturated heterocycles. The van der Waals surface area contributed by atoms with Crippen molar-refractivity contribution in [1.29, 1.82) is 0 Å². The summed E-state index contributed by atoms with van der Waals surface area (Å²) in [4.78, 5) is 12.4. The van der Waals surface area contributed by atoms with Crippen LogP contribution in [0.4, 0.5) is 5.13 Å². The number of rotatable bonds is 6. The predicted octanol–water partition coefficient (Wildman–Crippen LogP) is 1.26. The van der Waals surface area contributed by atoms with Crippen molar-refractivity contribution < 1.29 is 9.57 Å². The number of aromatic nitrogens is 1. The molecule has 0 radical (unpaired) electrons. The van der Waals surface area contributed by atoms with Crippen LogP contribution in [0.1, 0.15) is 11.8 Å². The fraction of sp³-hybridized carbons (Fsp3) is 0.667. The third-order valence-electron chi connectivity index (χ3n) is 1.71. The van der Waals surface area contributed by atoms with Crippen molar-refractivity contribution in [1.82, 2.24) is 10.5 Å². The number of hydrogen-bond acceptors (Lipinski definition) is 6. The van der Waals surface area contributed by atoms with E-state index in [1.807, 2.05) is 25.9 Å². The average Bonchev–Trinajstić information content (AvgIpc) is 2.62. The van der Waals surface area contributed by atoms with Crippen molar-refractivity contribution in [3.8, 4) is 5.88 Å². The van der Waals surface area contributed by atoms with Crippen LogP contribution in [-0.2, 0) is 11.4 Å². The molecule has 86 valence electrons. The van der Waals surface area contributed by atoms with Gasteiger partial charge in [0, 0.05) is 14.1 Å². The zero-order valence-corrected chi connectivity index (χ0v) is 10.3. The monoisotopic (exact) mass is 231 g/mol. The Balaban J connectivity index is 2.67. The number of thiazole rings is 1. The molecule has 0 aliphatic rings. The first-order valence-electron chi connectivity index (χ1n) is 4.74. The van der Waals surface area contributed by atoms with Gasteiger partial charge < -0.3 is 14.5 Å². The van der Waals surface area contributed by atoms with Gasteiger partial charge in [0.1, 0.15) is 0 Å². The molecule has 5 nitrogen and oxygen atoms in total. The molecule has 15 heavy (non-hydrogen) atoms. The minimum Gasteiger partial charge on any atom is -0.480 e. The Labute approximate surface area is 94.0 Å². The Morgan fingerprint density at radius 3 is 2.73 bits per heavy atom. The van der Waals surface area contributed by atoms with Gasteiger partial charge in [0.25, 0.3) is 0 Å². The van der Waals surface area contributed by atoms with E-state index in [4.69, 9.17) is 9.57 Å². The van der Waals surface area contributed by atoms with Gasteiger partial charge in [-0.2, -0.15) is 10.5 Å². The van der Waals surface area contributed by atoms with Crippen molar-refractivity contribution in [2.24, 2.45) is 0 Å². The smallest absolute Gasteiger partial charge is 0.230 e. The minimum atomic E-state index is 0.614. The Bertz CT molecular complexity index is 302. The fourth-order valence-electron chi connectivity index (χ4n) is 1.01. The standard InChI is InChI=1S/C9H17N3O2S/c1-5-14-10-6-7-8(13-4)11-9(15-7)12(2)3/h10H,5-6H2,1-4H3. The lowest BCUT2D eigenvalue weighted by Crippen LogP contribution is -2.13. The maximum absolute atomic E-state index is 5.18. The van der Waals surface area contributed by atoms with E-state index in [1.165, 1.54) is 0 Å². The van der Waals surface area contributed by atoms with Gasteiger partial charge in [0.15, 0.2) is 5.13 Å². The van der Waals surface area contributed by atoms with Crippen LogP contribution in [0.3, 0.4) is 0 Å². The van der Waals surface area contributed by atoms with Gasteiger partial charge >= 0.3 is 0 Å². The van der Waals surface area contributed by atoms with Crippen LogP contribution >= 0.6 is 11.3 Å². The molecule has 0 aliphatic heterocycles. The largest absolute Gasteiger partial charge is 0.480 e. The summed E-state index contributed by atoms with van der Waals surface area (Å²) in [5.41, 5.74) is 2.85. The second-order valence-corrected chi connectivity index (χ2v) is 4.14. The topological polar surface area (TPSA) is 46.6 Å². The van der Waals surface area contributed by atoms with Crippen LogP contribution in [-0.4, -0.2) is 32.8 Å². The summed E-state index contributed by atoms with van der Waals surface area (Å²) < 4.78 is 5.18. The third kappa shape index (κ3) is 3.33. The molecule has 0 unspecified atom stereocenters. The normalized spacial score (nSPS) is 10.4. The van der Waals surface area contributed by atoms with Crippen LogP contribution in [0, 0.1) is 0 Å². The van der Waals surface area contributed by atoms with Gasteiger partial charge in [-0.15, -0.1) is 0 Å². The molecule has 0 amide bonds. The van der Waals surface area contributed by atoms with E-state index in [0.717, 1.165) is 10.0 Å². The van der Waals surface area contributed by atoms with Crippen LogP contribution in [0.2, 0.25) is 0 Å². The van der Waals surface area contributed by atoms with Crippen LogP contribution in [0.15, 0.2) is 0 Å². The van der Waals surface area contributed by atoms with Crippen LogP contribution in [0.25, 0.3) is 0 Å². The molecule has 1 aromatic heterocycles. The Morgan fingerprint density at radius 1 is 1.47 bits per heavy atom. The number of methoxy groups -OCH3 is 1. The molecular weight excluding hydrogens is 214 g/mol. The maximum Gasteiger partial charge on any atom is 0.230 e. The van der Waals surface area contributed by atoms with Crippen molar-refractivity contribution >= 4 is 16.5 Å². The number of nitrogens with one attached hydrogen (secondary N) is 1. The molecule has 1 N–H and O–H groups in total. The third-order valence-corrected chi connectivity index (χ3v) is 2.91. The number of nitrogens with zero attached hydrogens (tertiary/aromatic N) is 2. The fourth-order valence-corrected chi connectivity index (χ4v) is 1.89. The summed E-state index contributed by atoms with van der Waals surface area (Å²) in [6.07, 6.45) is 0. The summed E-state index contributed by atoms with van der Waals surface area (Å²) >= 11 is 1.59. The highest BCUT2D eigenvalue weighted by Gasteiger charge is 2.12. The average molecular weight is 231 g/mol. The predicted molar refractivity (Wildman–Crippen MR) is 61.5 cm³/mol. The summed E-state index contributed by atoms with van der Waals surface area (Å²) in [7, 11) is 5.54. The number of hydroxylamine groups is 1. The van der Waals surface area contributed by atoms with Gasteiger partial charge in [-0.25, -0.2) is 0 Å². The van der Waals surface area contributed by atoms with Gasteiger partial charge in [0.2, 0.25) is 5.88 Å². The Kier molecular flexibility index (Phi) is 4.80.